The normalized spacial score (nSPS) is 13.6. The highest BCUT2D eigenvalue weighted by atomic mass is 16.5. The molecular formula is C19H19N3O3. The average molecular weight is 337 g/mol. The molecule has 2 aromatic carbocycles. The Hall–Kier alpha value is -3.02. The van der Waals surface area contributed by atoms with E-state index in [9.17, 15) is 5.11 Å². The van der Waals surface area contributed by atoms with Crippen LogP contribution in [0.2, 0.25) is 0 Å². The first-order valence-corrected chi connectivity index (χ1v) is 8.26. The number of ether oxygens (including phenoxy) is 2. The van der Waals surface area contributed by atoms with Gasteiger partial charge in [-0.25, -0.2) is 4.68 Å². The molecule has 1 heterocycles. The van der Waals surface area contributed by atoms with E-state index in [1.807, 2.05) is 36.4 Å². The van der Waals surface area contributed by atoms with Gasteiger partial charge < -0.3 is 14.6 Å². The van der Waals surface area contributed by atoms with Gasteiger partial charge >= 0.3 is 6.01 Å². The van der Waals surface area contributed by atoms with Gasteiger partial charge in [-0.1, -0.05) is 0 Å². The summed E-state index contributed by atoms with van der Waals surface area (Å²) in [6.45, 7) is 0.654. The van der Waals surface area contributed by atoms with Gasteiger partial charge in [-0.2, -0.15) is 4.98 Å². The summed E-state index contributed by atoms with van der Waals surface area (Å²) >= 11 is 0. The molecule has 0 aliphatic heterocycles. The van der Waals surface area contributed by atoms with E-state index in [1.54, 1.807) is 23.9 Å². The van der Waals surface area contributed by atoms with Gasteiger partial charge in [-0.05, 0) is 67.3 Å². The van der Waals surface area contributed by atoms with Crippen LogP contribution in [-0.4, -0.2) is 33.6 Å². The molecule has 0 unspecified atom stereocenters. The van der Waals surface area contributed by atoms with Gasteiger partial charge in [0, 0.05) is 5.56 Å². The van der Waals surface area contributed by atoms with Gasteiger partial charge in [0.1, 0.15) is 11.5 Å². The summed E-state index contributed by atoms with van der Waals surface area (Å²) in [5, 5.41) is 14.0. The summed E-state index contributed by atoms with van der Waals surface area (Å²) in [6, 6.07) is 14.8. The summed E-state index contributed by atoms with van der Waals surface area (Å²) in [5.41, 5.74) is 1.71. The van der Waals surface area contributed by atoms with Crippen molar-refractivity contribution in [2.45, 2.75) is 12.8 Å². The molecule has 1 aromatic heterocycles. The molecule has 1 aliphatic rings. The number of nitrogens with zero attached hydrogens (tertiary/aromatic N) is 3. The number of phenolic OH excluding ortho intramolecular Hbond substituents is 1. The van der Waals surface area contributed by atoms with Gasteiger partial charge in [-0.3, -0.25) is 0 Å². The number of benzene rings is 2. The third-order valence-electron chi connectivity index (χ3n) is 4.18. The van der Waals surface area contributed by atoms with E-state index in [0.717, 1.165) is 17.0 Å². The monoisotopic (exact) mass is 337 g/mol. The van der Waals surface area contributed by atoms with Crippen molar-refractivity contribution >= 4 is 0 Å². The molecule has 1 aliphatic carbocycles. The fraction of sp³-hybridized carbons (Fsp3) is 0.263. The van der Waals surface area contributed by atoms with Crippen molar-refractivity contribution in [2.75, 3.05) is 13.7 Å². The van der Waals surface area contributed by atoms with Gasteiger partial charge in [0.25, 0.3) is 0 Å². The topological polar surface area (TPSA) is 69.4 Å². The minimum Gasteiger partial charge on any atom is -0.508 e. The zero-order chi connectivity index (χ0) is 17.2. The van der Waals surface area contributed by atoms with Crippen LogP contribution in [0.4, 0.5) is 0 Å². The van der Waals surface area contributed by atoms with Crippen LogP contribution in [0, 0.1) is 5.92 Å². The minimum atomic E-state index is 0.212. The maximum Gasteiger partial charge on any atom is 0.336 e. The van der Waals surface area contributed by atoms with Crippen molar-refractivity contribution in [1.29, 1.82) is 0 Å². The van der Waals surface area contributed by atoms with Gasteiger partial charge in [-0.15, -0.1) is 5.10 Å². The number of aromatic nitrogens is 3. The van der Waals surface area contributed by atoms with E-state index in [1.165, 1.54) is 12.8 Å². The molecule has 3 aromatic rings. The van der Waals surface area contributed by atoms with Crippen LogP contribution in [0.15, 0.2) is 48.5 Å². The summed E-state index contributed by atoms with van der Waals surface area (Å²) < 4.78 is 12.7. The second-order valence-electron chi connectivity index (χ2n) is 6.13. The predicted molar refractivity (Wildman–Crippen MR) is 93.2 cm³/mol. The van der Waals surface area contributed by atoms with Crippen molar-refractivity contribution in [2.24, 2.45) is 5.92 Å². The Kier molecular flexibility index (Phi) is 4.01. The Labute approximate surface area is 145 Å². The number of methoxy groups -OCH3 is 1. The summed E-state index contributed by atoms with van der Waals surface area (Å²) in [6.07, 6.45) is 2.42. The van der Waals surface area contributed by atoms with Crippen molar-refractivity contribution in [3.05, 3.63) is 48.5 Å². The molecule has 1 fully saturated rings. The minimum absolute atomic E-state index is 0.212. The lowest BCUT2D eigenvalue weighted by atomic mass is 10.2. The molecule has 1 N–H and O–H groups in total. The maximum atomic E-state index is 9.52. The standard InChI is InChI=1S/C19H19N3O3/c1-24-17-10-6-15(7-11-17)22-18(14-4-8-16(23)9-5-14)20-19(21-22)25-12-13-2-3-13/h4-11,13,23H,2-3,12H2,1H3. The smallest absolute Gasteiger partial charge is 0.336 e. The highest BCUT2D eigenvalue weighted by Gasteiger charge is 2.23. The Morgan fingerprint density at radius 1 is 1.08 bits per heavy atom. The number of rotatable bonds is 6. The Morgan fingerprint density at radius 3 is 2.44 bits per heavy atom. The highest BCUT2D eigenvalue weighted by Crippen LogP contribution is 2.30. The zero-order valence-corrected chi connectivity index (χ0v) is 13.9. The molecular weight excluding hydrogens is 318 g/mol. The molecule has 0 atom stereocenters. The summed E-state index contributed by atoms with van der Waals surface area (Å²) in [7, 11) is 1.64. The average Bonchev–Trinajstić information content (AvgIpc) is 3.39. The van der Waals surface area contributed by atoms with Crippen molar-refractivity contribution in [3.63, 3.8) is 0 Å². The second kappa shape index (κ2) is 6.47. The van der Waals surface area contributed by atoms with E-state index in [-0.39, 0.29) is 5.75 Å². The van der Waals surface area contributed by atoms with Crippen molar-refractivity contribution < 1.29 is 14.6 Å². The molecule has 4 rings (SSSR count). The molecule has 128 valence electrons. The lowest BCUT2D eigenvalue weighted by Crippen LogP contribution is -2.02. The van der Waals surface area contributed by atoms with Gasteiger partial charge in [0.15, 0.2) is 5.82 Å². The van der Waals surface area contributed by atoms with E-state index in [2.05, 4.69) is 10.1 Å². The highest BCUT2D eigenvalue weighted by molar-refractivity contribution is 5.59. The Morgan fingerprint density at radius 2 is 1.80 bits per heavy atom. The fourth-order valence-corrected chi connectivity index (χ4v) is 2.53. The SMILES string of the molecule is COc1ccc(-n2nc(OCC3CC3)nc2-c2ccc(O)cc2)cc1. The molecule has 6 nitrogen and oxygen atoms in total. The summed E-state index contributed by atoms with van der Waals surface area (Å²) in [5.74, 6) is 2.28. The Balaban J connectivity index is 1.71. The van der Waals surface area contributed by atoms with Crippen LogP contribution in [0.3, 0.4) is 0 Å². The van der Waals surface area contributed by atoms with E-state index in [4.69, 9.17) is 9.47 Å². The molecule has 6 heteroatoms. The Bertz CT molecular complexity index is 853. The third-order valence-corrected chi connectivity index (χ3v) is 4.18. The number of phenols is 1. The predicted octanol–water partition coefficient (Wildman–Crippen LogP) is 3.44. The quantitative estimate of drug-likeness (QED) is 0.746. The van der Waals surface area contributed by atoms with Gasteiger partial charge in [0.05, 0.1) is 19.4 Å². The molecule has 0 bridgehead atoms. The van der Waals surface area contributed by atoms with Crippen LogP contribution in [-0.2, 0) is 0 Å². The molecule has 0 amide bonds. The molecule has 0 saturated heterocycles. The van der Waals surface area contributed by atoms with Crippen molar-refractivity contribution in [1.82, 2.24) is 14.8 Å². The van der Waals surface area contributed by atoms with Crippen LogP contribution in [0.25, 0.3) is 17.1 Å². The van der Waals surface area contributed by atoms with Crippen molar-refractivity contribution in [3.8, 4) is 34.6 Å². The van der Waals surface area contributed by atoms with Crippen LogP contribution in [0.1, 0.15) is 12.8 Å². The second-order valence-corrected chi connectivity index (χ2v) is 6.13. The molecule has 25 heavy (non-hydrogen) atoms. The first-order chi connectivity index (χ1) is 12.2. The lowest BCUT2D eigenvalue weighted by Gasteiger charge is -2.07. The van der Waals surface area contributed by atoms with Crippen LogP contribution < -0.4 is 9.47 Å². The van der Waals surface area contributed by atoms with Crippen LogP contribution >= 0.6 is 0 Å². The molecule has 0 spiro atoms. The number of aromatic hydroxyl groups is 1. The molecule has 1 saturated carbocycles. The van der Waals surface area contributed by atoms with E-state index < -0.39 is 0 Å². The van der Waals surface area contributed by atoms with E-state index >= 15 is 0 Å². The first-order valence-electron chi connectivity index (χ1n) is 8.26. The van der Waals surface area contributed by atoms with Crippen LogP contribution in [0.5, 0.6) is 17.5 Å². The third kappa shape index (κ3) is 3.42. The number of hydrogen-bond donors (Lipinski definition) is 1. The maximum absolute atomic E-state index is 9.52. The zero-order valence-electron chi connectivity index (χ0n) is 13.9. The largest absolute Gasteiger partial charge is 0.508 e. The number of hydrogen-bond acceptors (Lipinski definition) is 5. The lowest BCUT2D eigenvalue weighted by molar-refractivity contribution is 0.276. The summed E-state index contributed by atoms with van der Waals surface area (Å²) in [4.78, 5) is 4.55. The first kappa shape index (κ1) is 15.5. The molecule has 0 radical (unpaired) electrons. The van der Waals surface area contributed by atoms with Gasteiger partial charge in [0.2, 0.25) is 0 Å². The fourth-order valence-electron chi connectivity index (χ4n) is 2.53. The van der Waals surface area contributed by atoms with E-state index in [0.29, 0.717) is 24.4 Å².